The average Bonchev–Trinajstić information content (AvgIpc) is 2.73. The first-order chi connectivity index (χ1) is 15.8. The van der Waals surface area contributed by atoms with Crippen LogP contribution in [0.5, 0.6) is 5.75 Å². The fraction of sp³-hybridized carbons (Fsp3) is 0.348. The number of halogens is 3. The van der Waals surface area contributed by atoms with Gasteiger partial charge in [-0.05, 0) is 82.6 Å². The SMILES string of the molecule is CN(C)CCOc1ccc(N(C(=S)Nc2ccc(C#N)c(C(F)(F)F)c2)C(C)(C)C(=O)O)cc1. The highest BCUT2D eigenvalue weighted by Crippen LogP contribution is 2.34. The quantitative estimate of drug-likeness (QED) is 0.516. The number of alkyl halides is 3. The second-order valence-corrected chi connectivity index (χ2v) is 8.53. The number of carboxylic acids is 1. The summed E-state index contributed by atoms with van der Waals surface area (Å²) in [5, 5.41) is 21.3. The summed E-state index contributed by atoms with van der Waals surface area (Å²) in [6.07, 6.45) is -4.74. The smallest absolute Gasteiger partial charge is 0.417 e. The molecule has 0 fully saturated rings. The molecule has 0 aliphatic carbocycles. The highest BCUT2D eigenvalue weighted by Gasteiger charge is 2.38. The topological polar surface area (TPSA) is 88.8 Å². The molecule has 0 amide bonds. The molecule has 2 N–H and O–H groups in total. The second kappa shape index (κ2) is 10.7. The van der Waals surface area contributed by atoms with E-state index in [1.807, 2.05) is 19.0 Å². The minimum Gasteiger partial charge on any atom is -0.492 e. The number of rotatable bonds is 8. The zero-order chi connectivity index (χ0) is 25.7. The van der Waals surface area contributed by atoms with E-state index in [1.165, 1.54) is 30.9 Å². The number of carboxylic acid groups (broad SMARTS) is 1. The van der Waals surface area contributed by atoms with E-state index in [-0.39, 0.29) is 10.8 Å². The number of thiocarbonyl (C=S) groups is 1. The summed E-state index contributed by atoms with van der Waals surface area (Å²) in [7, 11) is 3.83. The van der Waals surface area contributed by atoms with Gasteiger partial charge in [0, 0.05) is 17.9 Å². The van der Waals surface area contributed by atoms with Crippen LogP contribution < -0.4 is 15.0 Å². The van der Waals surface area contributed by atoms with Gasteiger partial charge in [-0.25, -0.2) is 4.79 Å². The molecule has 0 aliphatic rings. The highest BCUT2D eigenvalue weighted by molar-refractivity contribution is 7.80. The Morgan fingerprint density at radius 2 is 1.79 bits per heavy atom. The molecule has 0 saturated heterocycles. The maximum absolute atomic E-state index is 13.3. The molecule has 11 heteroatoms. The molecule has 7 nitrogen and oxygen atoms in total. The van der Waals surface area contributed by atoms with Gasteiger partial charge in [0.25, 0.3) is 0 Å². The van der Waals surface area contributed by atoms with Gasteiger partial charge in [-0.1, -0.05) is 0 Å². The first kappa shape index (κ1) is 26.9. The van der Waals surface area contributed by atoms with Crippen molar-refractivity contribution in [2.75, 3.05) is 37.5 Å². The lowest BCUT2D eigenvalue weighted by molar-refractivity contribution is -0.141. The molecule has 0 bridgehead atoms. The van der Waals surface area contributed by atoms with Crippen LogP contribution in [0.3, 0.4) is 0 Å². The fourth-order valence-corrected chi connectivity index (χ4v) is 3.41. The van der Waals surface area contributed by atoms with Crippen molar-refractivity contribution in [2.24, 2.45) is 0 Å². The van der Waals surface area contributed by atoms with Gasteiger partial charge in [-0.2, -0.15) is 18.4 Å². The van der Waals surface area contributed by atoms with Gasteiger partial charge in [-0.3, -0.25) is 0 Å². The molecule has 0 heterocycles. The Hall–Kier alpha value is -3.36. The molecular formula is C23H25F3N4O3S. The predicted molar refractivity (Wildman–Crippen MR) is 127 cm³/mol. The van der Waals surface area contributed by atoms with E-state index in [0.29, 0.717) is 24.6 Å². The Morgan fingerprint density at radius 1 is 1.18 bits per heavy atom. The lowest BCUT2D eigenvalue weighted by Gasteiger charge is -2.37. The van der Waals surface area contributed by atoms with Crippen molar-refractivity contribution in [2.45, 2.75) is 25.6 Å². The predicted octanol–water partition coefficient (Wildman–Crippen LogP) is 4.58. The van der Waals surface area contributed by atoms with Crippen LogP contribution in [0.1, 0.15) is 25.0 Å². The molecule has 0 aliphatic heterocycles. The lowest BCUT2D eigenvalue weighted by atomic mass is 10.0. The minimum absolute atomic E-state index is 0.0360. The van der Waals surface area contributed by atoms with Crippen molar-refractivity contribution in [1.29, 1.82) is 5.26 Å². The van der Waals surface area contributed by atoms with E-state index >= 15 is 0 Å². The fourth-order valence-electron chi connectivity index (χ4n) is 2.96. The Bertz CT molecular complexity index is 1080. The Morgan fingerprint density at radius 3 is 2.29 bits per heavy atom. The second-order valence-electron chi connectivity index (χ2n) is 8.15. The summed E-state index contributed by atoms with van der Waals surface area (Å²) in [5.41, 5.74) is -2.83. The number of aliphatic carboxylic acids is 1. The van der Waals surface area contributed by atoms with Gasteiger partial charge in [0.1, 0.15) is 17.9 Å². The summed E-state index contributed by atoms with van der Waals surface area (Å²) in [5.74, 6) is -0.627. The van der Waals surface area contributed by atoms with E-state index in [2.05, 4.69) is 5.32 Å². The molecule has 0 spiro atoms. The van der Waals surface area contributed by atoms with Crippen molar-refractivity contribution >= 4 is 34.7 Å². The number of likely N-dealkylation sites (N-methyl/N-ethyl adjacent to an activating group) is 1. The van der Waals surface area contributed by atoms with Crippen LogP contribution in [0.4, 0.5) is 24.5 Å². The van der Waals surface area contributed by atoms with Gasteiger partial charge < -0.3 is 25.0 Å². The molecular weight excluding hydrogens is 469 g/mol. The minimum atomic E-state index is -4.74. The molecule has 0 unspecified atom stereocenters. The van der Waals surface area contributed by atoms with Crippen molar-refractivity contribution in [3.63, 3.8) is 0 Å². The average molecular weight is 495 g/mol. The van der Waals surface area contributed by atoms with Gasteiger partial charge >= 0.3 is 12.1 Å². The molecule has 2 aromatic rings. The van der Waals surface area contributed by atoms with Gasteiger partial charge in [0.05, 0.1) is 17.2 Å². The summed E-state index contributed by atoms with van der Waals surface area (Å²) >= 11 is 5.40. The number of nitrogens with one attached hydrogen (secondary N) is 1. The molecule has 2 rings (SSSR count). The van der Waals surface area contributed by atoms with Crippen LogP contribution >= 0.6 is 12.2 Å². The molecule has 0 aromatic heterocycles. The number of carbonyl (C=O) groups is 1. The maximum Gasteiger partial charge on any atom is 0.417 e. The molecule has 0 saturated carbocycles. The van der Waals surface area contributed by atoms with E-state index in [4.69, 9.17) is 22.2 Å². The third kappa shape index (κ3) is 6.59. The lowest BCUT2D eigenvalue weighted by Crippen LogP contribution is -2.54. The van der Waals surface area contributed by atoms with Gasteiger partial charge in [-0.15, -0.1) is 0 Å². The number of nitriles is 1. The zero-order valence-electron chi connectivity index (χ0n) is 19.1. The number of benzene rings is 2. The third-order valence-electron chi connectivity index (χ3n) is 4.88. The first-order valence-electron chi connectivity index (χ1n) is 10.1. The van der Waals surface area contributed by atoms with Gasteiger partial charge in [0.15, 0.2) is 5.11 Å². The third-order valence-corrected chi connectivity index (χ3v) is 5.17. The van der Waals surface area contributed by atoms with E-state index in [9.17, 15) is 23.1 Å². The number of nitrogens with zero attached hydrogens (tertiary/aromatic N) is 3. The van der Waals surface area contributed by atoms with E-state index in [0.717, 1.165) is 12.1 Å². The van der Waals surface area contributed by atoms with Crippen LogP contribution in [0, 0.1) is 11.3 Å². The van der Waals surface area contributed by atoms with Crippen LogP contribution in [0.2, 0.25) is 0 Å². The number of hydrogen-bond acceptors (Lipinski definition) is 5. The monoisotopic (exact) mass is 494 g/mol. The van der Waals surface area contributed by atoms with Crippen molar-refractivity contribution in [1.82, 2.24) is 4.90 Å². The van der Waals surface area contributed by atoms with Gasteiger partial charge in [0.2, 0.25) is 0 Å². The molecule has 182 valence electrons. The van der Waals surface area contributed by atoms with E-state index in [1.54, 1.807) is 24.3 Å². The summed E-state index contributed by atoms with van der Waals surface area (Å²) in [6.45, 7) is 4.00. The number of anilines is 2. The zero-order valence-corrected chi connectivity index (χ0v) is 19.9. The number of hydrogen-bond donors (Lipinski definition) is 2. The molecule has 0 atom stereocenters. The molecule has 2 aromatic carbocycles. The Balaban J connectivity index is 2.36. The Kier molecular flexibility index (Phi) is 8.47. The van der Waals surface area contributed by atoms with Crippen LogP contribution in [0.25, 0.3) is 0 Å². The Labute approximate surface area is 201 Å². The van der Waals surface area contributed by atoms with E-state index < -0.39 is 28.8 Å². The van der Waals surface area contributed by atoms with Crippen molar-refractivity contribution < 1.29 is 27.8 Å². The molecule has 34 heavy (non-hydrogen) atoms. The summed E-state index contributed by atoms with van der Waals surface area (Å²) in [6, 6.07) is 11.1. The van der Waals surface area contributed by atoms with Crippen molar-refractivity contribution in [3.8, 4) is 11.8 Å². The summed E-state index contributed by atoms with van der Waals surface area (Å²) in [4.78, 5) is 15.2. The largest absolute Gasteiger partial charge is 0.492 e. The van der Waals surface area contributed by atoms with Crippen LogP contribution in [-0.2, 0) is 11.0 Å². The number of ether oxygens (including phenoxy) is 1. The highest BCUT2D eigenvalue weighted by atomic mass is 32.1. The molecule has 0 radical (unpaired) electrons. The van der Waals surface area contributed by atoms with Crippen LogP contribution in [0.15, 0.2) is 42.5 Å². The normalized spacial score (nSPS) is 11.6. The van der Waals surface area contributed by atoms with Crippen molar-refractivity contribution in [3.05, 3.63) is 53.6 Å². The van der Waals surface area contributed by atoms with Crippen LogP contribution in [-0.4, -0.2) is 53.9 Å². The summed E-state index contributed by atoms with van der Waals surface area (Å²) < 4.78 is 45.6. The maximum atomic E-state index is 13.3. The first-order valence-corrected chi connectivity index (χ1v) is 10.5. The standard InChI is InChI=1S/C23H25F3N4O3S/c1-22(2,20(31)32)30(17-7-9-18(10-8-17)33-12-11-29(3)4)21(34)28-16-6-5-15(14-27)19(13-16)23(24,25)26/h5-10,13H,11-12H2,1-4H3,(H,28,34)(H,31,32).